The molecule has 3 nitrogen and oxygen atoms in total. The Kier molecular flexibility index (Phi) is 3.51. The maximum atomic E-state index is 13.4. The van der Waals surface area contributed by atoms with Crippen LogP contribution in [0.1, 0.15) is 15.9 Å². The zero-order chi connectivity index (χ0) is 14.0. The third kappa shape index (κ3) is 2.42. The van der Waals surface area contributed by atoms with Crippen molar-refractivity contribution in [3.63, 3.8) is 0 Å². The monoisotopic (exact) mass is 260 g/mol. The summed E-state index contributed by atoms with van der Waals surface area (Å²) in [5, 5.41) is 9.11. The number of hydrogen-bond acceptors (Lipinski definition) is 2. The number of hydrogen-bond donors (Lipinski definition) is 1. The van der Waals surface area contributed by atoms with Crippen LogP contribution < -0.4 is 4.74 Å². The van der Waals surface area contributed by atoms with Gasteiger partial charge in [-0.15, -0.1) is 0 Å². The summed E-state index contributed by atoms with van der Waals surface area (Å²) >= 11 is 0. The molecule has 0 spiro atoms. The van der Waals surface area contributed by atoms with E-state index in [0.717, 1.165) is 0 Å². The maximum absolute atomic E-state index is 13.4. The SMILES string of the molecule is COc1ccc(F)cc1-c1cccc(C(=O)O)c1C. The molecule has 0 aromatic heterocycles. The molecule has 0 unspecified atom stereocenters. The van der Waals surface area contributed by atoms with Gasteiger partial charge in [-0.3, -0.25) is 0 Å². The van der Waals surface area contributed by atoms with Gasteiger partial charge in [0.1, 0.15) is 11.6 Å². The van der Waals surface area contributed by atoms with Gasteiger partial charge in [-0.05, 0) is 42.3 Å². The fourth-order valence-electron chi connectivity index (χ4n) is 2.05. The summed E-state index contributed by atoms with van der Waals surface area (Å²) in [6, 6.07) is 9.07. The zero-order valence-electron chi connectivity index (χ0n) is 10.6. The zero-order valence-corrected chi connectivity index (χ0v) is 10.6. The highest BCUT2D eigenvalue weighted by molar-refractivity contribution is 5.92. The molecule has 0 amide bonds. The second-order valence-electron chi connectivity index (χ2n) is 4.13. The molecular weight excluding hydrogens is 247 g/mol. The Hall–Kier alpha value is -2.36. The van der Waals surface area contributed by atoms with Crippen LogP contribution in [0.2, 0.25) is 0 Å². The van der Waals surface area contributed by atoms with Crippen molar-refractivity contribution in [2.75, 3.05) is 7.11 Å². The average Bonchev–Trinajstić information content (AvgIpc) is 2.38. The van der Waals surface area contributed by atoms with E-state index < -0.39 is 11.8 Å². The summed E-state index contributed by atoms with van der Waals surface area (Å²) < 4.78 is 18.6. The molecule has 0 bridgehead atoms. The molecule has 0 heterocycles. The van der Waals surface area contributed by atoms with Crippen LogP contribution in [-0.4, -0.2) is 18.2 Å². The number of benzene rings is 2. The van der Waals surface area contributed by atoms with Crippen LogP contribution in [0.4, 0.5) is 4.39 Å². The number of methoxy groups -OCH3 is 1. The van der Waals surface area contributed by atoms with Gasteiger partial charge >= 0.3 is 5.97 Å². The van der Waals surface area contributed by atoms with Gasteiger partial charge in [0, 0.05) is 5.56 Å². The second kappa shape index (κ2) is 5.10. The van der Waals surface area contributed by atoms with E-state index in [1.165, 1.54) is 31.4 Å². The number of rotatable bonds is 3. The lowest BCUT2D eigenvalue weighted by Crippen LogP contribution is -2.01. The van der Waals surface area contributed by atoms with Crippen LogP contribution in [0.25, 0.3) is 11.1 Å². The van der Waals surface area contributed by atoms with Crippen LogP contribution in [0.15, 0.2) is 36.4 Å². The first-order chi connectivity index (χ1) is 9.04. The van der Waals surface area contributed by atoms with Crippen molar-refractivity contribution in [2.45, 2.75) is 6.92 Å². The minimum absolute atomic E-state index is 0.198. The minimum atomic E-state index is -1.00. The van der Waals surface area contributed by atoms with Gasteiger partial charge in [-0.2, -0.15) is 0 Å². The van der Waals surface area contributed by atoms with Gasteiger partial charge in [0.15, 0.2) is 0 Å². The molecule has 4 heteroatoms. The van der Waals surface area contributed by atoms with Gasteiger partial charge in [0.05, 0.1) is 12.7 Å². The van der Waals surface area contributed by atoms with Crippen LogP contribution in [-0.2, 0) is 0 Å². The Morgan fingerprint density at radius 3 is 2.58 bits per heavy atom. The Labute approximate surface area is 110 Å². The molecule has 19 heavy (non-hydrogen) atoms. The van der Waals surface area contributed by atoms with Crippen molar-refractivity contribution in [3.05, 3.63) is 53.3 Å². The van der Waals surface area contributed by atoms with Crippen molar-refractivity contribution >= 4 is 5.97 Å². The number of carboxylic acids is 1. The molecule has 0 fully saturated rings. The summed E-state index contributed by atoms with van der Waals surface area (Å²) in [5.41, 5.74) is 1.97. The number of carbonyl (C=O) groups is 1. The van der Waals surface area contributed by atoms with E-state index in [2.05, 4.69) is 0 Å². The van der Waals surface area contributed by atoms with E-state index in [1.807, 2.05) is 0 Å². The van der Waals surface area contributed by atoms with Crippen LogP contribution in [0.5, 0.6) is 5.75 Å². The highest BCUT2D eigenvalue weighted by Crippen LogP contribution is 2.33. The summed E-state index contributed by atoms with van der Waals surface area (Å²) in [5.74, 6) is -0.891. The van der Waals surface area contributed by atoms with Crippen molar-refractivity contribution in [2.24, 2.45) is 0 Å². The lowest BCUT2D eigenvalue weighted by molar-refractivity contribution is 0.0696. The quantitative estimate of drug-likeness (QED) is 0.918. The third-order valence-corrected chi connectivity index (χ3v) is 3.02. The summed E-state index contributed by atoms with van der Waals surface area (Å²) in [7, 11) is 1.49. The first kappa shape index (κ1) is 13.1. The average molecular weight is 260 g/mol. The van der Waals surface area contributed by atoms with Gasteiger partial charge in [-0.25, -0.2) is 9.18 Å². The highest BCUT2D eigenvalue weighted by Gasteiger charge is 2.14. The molecule has 2 rings (SSSR count). The first-order valence-corrected chi connectivity index (χ1v) is 5.71. The Morgan fingerprint density at radius 2 is 1.95 bits per heavy atom. The predicted molar refractivity (Wildman–Crippen MR) is 70.1 cm³/mol. The van der Waals surface area contributed by atoms with Crippen molar-refractivity contribution < 1.29 is 19.0 Å². The third-order valence-electron chi connectivity index (χ3n) is 3.02. The molecule has 0 saturated heterocycles. The molecular formula is C15H13FO3. The van der Waals surface area contributed by atoms with Crippen molar-refractivity contribution in [3.8, 4) is 16.9 Å². The Balaban J connectivity index is 2.68. The summed E-state index contributed by atoms with van der Waals surface area (Å²) in [6.45, 7) is 1.70. The van der Waals surface area contributed by atoms with E-state index in [0.29, 0.717) is 22.4 Å². The van der Waals surface area contributed by atoms with E-state index in [4.69, 9.17) is 9.84 Å². The lowest BCUT2D eigenvalue weighted by atomic mass is 9.96. The standard InChI is InChI=1S/C15H13FO3/c1-9-11(4-3-5-12(9)15(17)18)13-8-10(16)6-7-14(13)19-2/h3-8H,1-2H3,(H,17,18). The molecule has 0 saturated carbocycles. The highest BCUT2D eigenvalue weighted by atomic mass is 19.1. The van der Waals surface area contributed by atoms with E-state index in [9.17, 15) is 9.18 Å². The summed E-state index contributed by atoms with van der Waals surface area (Å²) in [4.78, 5) is 11.1. The predicted octanol–water partition coefficient (Wildman–Crippen LogP) is 3.51. The maximum Gasteiger partial charge on any atom is 0.335 e. The fraction of sp³-hybridized carbons (Fsp3) is 0.133. The molecule has 2 aromatic carbocycles. The Morgan fingerprint density at radius 1 is 1.21 bits per heavy atom. The molecule has 0 aliphatic carbocycles. The van der Waals surface area contributed by atoms with Crippen LogP contribution in [0.3, 0.4) is 0 Å². The first-order valence-electron chi connectivity index (χ1n) is 5.71. The largest absolute Gasteiger partial charge is 0.496 e. The lowest BCUT2D eigenvalue weighted by Gasteiger charge is -2.12. The topological polar surface area (TPSA) is 46.5 Å². The van der Waals surface area contributed by atoms with Crippen molar-refractivity contribution in [1.29, 1.82) is 0 Å². The smallest absolute Gasteiger partial charge is 0.335 e. The van der Waals surface area contributed by atoms with Crippen molar-refractivity contribution in [1.82, 2.24) is 0 Å². The fourth-order valence-corrected chi connectivity index (χ4v) is 2.05. The molecule has 0 atom stereocenters. The van der Waals surface area contributed by atoms with Crippen LogP contribution >= 0.6 is 0 Å². The molecule has 0 aliphatic heterocycles. The molecule has 0 aliphatic rings. The number of aromatic carboxylic acids is 1. The molecule has 98 valence electrons. The van der Waals surface area contributed by atoms with Crippen LogP contribution in [0, 0.1) is 12.7 Å². The molecule has 0 radical (unpaired) electrons. The normalized spacial score (nSPS) is 10.3. The van der Waals surface area contributed by atoms with Gasteiger partial charge < -0.3 is 9.84 Å². The molecule has 1 N–H and O–H groups in total. The van der Waals surface area contributed by atoms with Gasteiger partial charge in [0.2, 0.25) is 0 Å². The van der Waals surface area contributed by atoms with E-state index in [-0.39, 0.29) is 5.56 Å². The number of carboxylic acid groups (broad SMARTS) is 1. The second-order valence-corrected chi connectivity index (χ2v) is 4.13. The number of ether oxygens (including phenoxy) is 1. The van der Waals surface area contributed by atoms with E-state index in [1.54, 1.807) is 19.1 Å². The van der Waals surface area contributed by atoms with E-state index >= 15 is 0 Å². The number of halogens is 1. The summed E-state index contributed by atoms with van der Waals surface area (Å²) in [6.07, 6.45) is 0. The minimum Gasteiger partial charge on any atom is -0.496 e. The van der Waals surface area contributed by atoms with Gasteiger partial charge in [-0.1, -0.05) is 12.1 Å². The molecule has 2 aromatic rings. The Bertz CT molecular complexity index is 635. The van der Waals surface area contributed by atoms with Gasteiger partial charge in [0.25, 0.3) is 0 Å².